The van der Waals surface area contributed by atoms with Gasteiger partial charge in [-0.2, -0.15) is 8.61 Å². The molecular formula is C17H18ClFN2O4S2. The van der Waals surface area contributed by atoms with E-state index in [4.69, 9.17) is 11.6 Å². The van der Waals surface area contributed by atoms with Crippen molar-refractivity contribution >= 4 is 31.6 Å². The third kappa shape index (κ3) is 3.88. The molecule has 0 saturated carbocycles. The summed E-state index contributed by atoms with van der Waals surface area (Å²) in [5, 5.41) is 0.120. The lowest BCUT2D eigenvalue weighted by molar-refractivity contribution is 0.272. The van der Waals surface area contributed by atoms with Gasteiger partial charge in [0.15, 0.2) is 0 Å². The number of nitrogens with zero attached hydrogens (tertiary/aromatic N) is 2. The minimum Gasteiger partial charge on any atom is -0.207 e. The summed E-state index contributed by atoms with van der Waals surface area (Å²) in [6.07, 6.45) is 0. The third-order valence-electron chi connectivity index (χ3n) is 4.41. The smallest absolute Gasteiger partial charge is 0.207 e. The summed E-state index contributed by atoms with van der Waals surface area (Å²) in [7, 11) is -7.64. The van der Waals surface area contributed by atoms with Gasteiger partial charge in [0.2, 0.25) is 20.0 Å². The van der Waals surface area contributed by atoms with E-state index in [1.54, 1.807) is 12.1 Å². The van der Waals surface area contributed by atoms with Crippen molar-refractivity contribution in [3.63, 3.8) is 0 Å². The number of rotatable bonds is 4. The van der Waals surface area contributed by atoms with Gasteiger partial charge in [0, 0.05) is 26.2 Å². The normalized spacial score (nSPS) is 17.1. The molecule has 1 fully saturated rings. The maximum absolute atomic E-state index is 13.3. The van der Waals surface area contributed by atoms with E-state index in [0.717, 1.165) is 12.1 Å². The van der Waals surface area contributed by atoms with E-state index >= 15 is 0 Å². The van der Waals surface area contributed by atoms with E-state index in [-0.39, 0.29) is 41.0 Å². The van der Waals surface area contributed by atoms with E-state index in [2.05, 4.69) is 0 Å². The highest BCUT2D eigenvalue weighted by Crippen LogP contribution is 2.27. The number of benzene rings is 2. The first-order valence-electron chi connectivity index (χ1n) is 8.15. The molecule has 0 aromatic heterocycles. The molecule has 6 nitrogen and oxygen atoms in total. The standard InChI is InChI=1S/C17H18ClFN2O4S2/c1-13-12-14(19)6-7-16(13)26(22,23)20-8-10-21(11-9-20)27(24,25)17-5-3-2-4-15(17)18/h2-7,12H,8-11H2,1H3. The van der Waals surface area contributed by atoms with Crippen molar-refractivity contribution in [2.45, 2.75) is 16.7 Å². The summed E-state index contributed by atoms with van der Waals surface area (Å²) >= 11 is 6.00. The Bertz CT molecular complexity index is 1070. The van der Waals surface area contributed by atoms with Crippen LogP contribution in [0.3, 0.4) is 0 Å². The van der Waals surface area contributed by atoms with E-state index in [1.165, 1.54) is 33.7 Å². The zero-order chi connectivity index (χ0) is 19.8. The molecule has 1 saturated heterocycles. The van der Waals surface area contributed by atoms with Gasteiger partial charge >= 0.3 is 0 Å². The molecule has 0 unspecified atom stereocenters. The SMILES string of the molecule is Cc1cc(F)ccc1S(=O)(=O)N1CCN(S(=O)(=O)c2ccccc2Cl)CC1. The molecule has 0 bridgehead atoms. The molecule has 0 radical (unpaired) electrons. The van der Waals surface area contributed by atoms with Crippen LogP contribution in [-0.2, 0) is 20.0 Å². The van der Waals surface area contributed by atoms with Crippen LogP contribution in [0.4, 0.5) is 4.39 Å². The van der Waals surface area contributed by atoms with Gasteiger partial charge in [-0.25, -0.2) is 21.2 Å². The highest BCUT2D eigenvalue weighted by molar-refractivity contribution is 7.89. The van der Waals surface area contributed by atoms with Crippen molar-refractivity contribution in [2.24, 2.45) is 0 Å². The van der Waals surface area contributed by atoms with Crippen LogP contribution in [0.1, 0.15) is 5.56 Å². The Kier molecular flexibility index (Phi) is 5.60. The number of halogens is 2. The highest BCUT2D eigenvalue weighted by Gasteiger charge is 2.35. The molecule has 0 aliphatic carbocycles. The minimum atomic E-state index is -3.83. The van der Waals surface area contributed by atoms with Crippen LogP contribution in [0.15, 0.2) is 52.3 Å². The molecule has 27 heavy (non-hydrogen) atoms. The number of sulfonamides is 2. The first-order chi connectivity index (χ1) is 12.6. The van der Waals surface area contributed by atoms with Crippen molar-refractivity contribution in [3.05, 3.63) is 58.9 Å². The van der Waals surface area contributed by atoms with Crippen LogP contribution in [0, 0.1) is 12.7 Å². The molecule has 146 valence electrons. The third-order valence-corrected chi connectivity index (χ3v) is 8.86. The number of hydrogen-bond acceptors (Lipinski definition) is 4. The zero-order valence-corrected chi connectivity index (χ0v) is 16.9. The molecule has 1 aliphatic heterocycles. The quantitative estimate of drug-likeness (QED) is 0.743. The zero-order valence-electron chi connectivity index (χ0n) is 14.5. The highest BCUT2D eigenvalue weighted by atomic mass is 35.5. The summed E-state index contributed by atoms with van der Waals surface area (Å²) in [4.78, 5) is 0.0173. The molecule has 2 aromatic carbocycles. The maximum Gasteiger partial charge on any atom is 0.244 e. The lowest BCUT2D eigenvalue weighted by Gasteiger charge is -2.33. The first kappa shape index (κ1) is 20.2. The molecule has 0 N–H and O–H groups in total. The summed E-state index contributed by atoms with van der Waals surface area (Å²) in [5.41, 5.74) is 0.307. The second-order valence-electron chi connectivity index (χ2n) is 6.15. The van der Waals surface area contributed by atoms with Gasteiger partial charge in [0.05, 0.1) is 9.92 Å². The molecule has 2 aromatic rings. The van der Waals surface area contributed by atoms with Crippen LogP contribution in [0.25, 0.3) is 0 Å². The molecule has 0 spiro atoms. The van der Waals surface area contributed by atoms with Crippen molar-refractivity contribution in [3.8, 4) is 0 Å². The molecule has 1 aliphatic rings. The van der Waals surface area contributed by atoms with E-state index in [9.17, 15) is 21.2 Å². The van der Waals surface area contributed by atoms with Crippen molar-refractivity contribution in [1.29, 1.82) is 0 Å². The second-order valence-corrected chi connectivity index (χ2v) is 10.4. The summed E-state index contributed by atoms with van der Waals surface area (Å²) in [6.45, 7) is 1.54. The first-order valence-corrected chi connectivity index (χ1v) is 11.4. The molecule has 0 amide bonds. The van der Waals surface area contributed by atoms with Crippen LogP contribution >= 0.6 is 11.6 Å². The van der Waals surface area contributed by atoms with Crippen LogP contribution in [-0.4, -0.2) is 51.6 Å². The number of hydrogen-bond donors (Lipinski definition) is 0. The molecule has 10 heteroatoms. The van der Waals surface area contributed by atoms with Crippen LogP contribution in [0.5, 0.6) is 0 Å². The predicted octanol–water partition coefficient (Wildman–Crippen LogP) is 2.48. The Morgan fingerprint density at radius 3 is 1.89 bits per heavy atom. The van der Waals surface area contributed by atoms with E-state index < -0.39 is 25.9 Å². The average molecular weight is 433 g/mol. The van der Waals surface area contributed by atoms with Gasteiger partial charge in [-0.3, -0.25) is 0 Å². The Morgan fingerprint density at radius 2 is 1.37 bits per heavy atom. The Morgan fingerprint density at radius 1 is 0.852 bits per heavy atom. The largest absolute Gasteiger partial charge is 0.244 e. The lowest BCUT2D eigenvalue weighted by Crippen LogP contribution is -2.50. The predicted molar refractivity (Wildman–Crippen MR) is 100 cm³/mol. The van der Waals surface area contributed by atoms with Crippen molar-refractivity contribution in [1.82, 2.24) is 8.61 Å². The van der Waals surface area contributed by atoms with Gasteiger partial charge in [0.25, 0.3) is 0 Å². The fourth-order valence-corrected chi connectivity index (χ4v) is 6.53. The maximum atomic E-state index is 13.3. The summed E-state index contributed by atoms with van der Waals surface area (Å²) < 4.78 is 66.8. The lowest BCUT2D eigenvalue weighted by atomic mass is 10.2. The van der Waals surface area contributed by atoms with Crippen molar-refractivity contribution < 1.29 is 21.2 Å². The molecule has 3 rings (SSSR count). The number of piperazine rings is 1. The molecule has 0 atom stereocenters. The van der Waals surface area contributed by atoms with E-state index in [0.29, 0.717) is 5.56 Å². The Balaban J connectivity index is 1.80. The summed E-state index contributed by atoms with van der Waals surface area (Å²) in [6, 6.07) is 9.61. The van der Waals surface area contributed by atoms with Gasteiger partial charge in [-0.15, -0.1) is 0 Å². The fourth-order valence-electron chi connectivity index (χ4n) is 2.98. The van der Waals surface area contributed by atoms with Gasteiger partial charge < -0.3 is 0 Å². The van der Waals surface area contributed by atoms with Gasteiger partial charge in [0.1, 0.15) is 10.7 Å². The summed E-state index contributed by atoms with van der Waals surface area (Å²) in [5.74, 6) is -0.512. The Labute approximate surface area is 163 Å². The molecular weight excluding hydrogens is 415 g/mol. The van der Waals surface area contributed by atoms with Crippen LogP contribution in [0.2, 0.25) is 5.02 Å². The minimum absolute atomic E-state index is 0.00245. The van der Waals surface area contributed by atoms with Crippen LogP contribution < -0.4 is 0 Å². The fraction of sp³-hybridized carbons (Fsp3) is 0.294. The van der Waals surface area contributed by atoms with Gasteiger partial charge in [-0.1, -0.05) is 23.7 Å². The Hall–Kier alpha value is -1.52. The van der Waals surface area contributed by atoms with E-state index in [1.807, 2.05) is 0 Å². The number of aryl methyl sites for hydroxylation is 1. The second kappa shape index (κ2) is 7.48. The molecule has 1 heterocycles. The van der Waals surface area contributed by atoms with Gasteiger partial charge in [-0.05, 0) is 42.8 Å². The monoisotopic (exact) mass is 432 g/mol. The van der Waals surface area contributed by atoms with Crippen molar-refractivity contribution in [2.75, 3.05) is 26.2 Å². The average Bonchev–Trinajstić information content (AvgIpc) is 2.61. The topological polar surface area (TPSA) is 74.8 Å².